The summed E-state index contributed by atoms with van der Waals surface area (Å²) < 4.78 is 0. The molecule has 1 aromatic heterocycles. The summed E-state index contributed by atoms with van der Waals surface area (Å²) in [5.41, 5.74) is 3.18. The zero-order valence-electron chi connectivity index (χ0n) is 8.59. The molecule has 75 valence electrons. The molecule has 0 aliphatic heterocycles. The minimum atomic E-state index is 0.856. The van der Waals surface area contributed by atoms with Crippen LogP contribution in [0.5, 0.6) is 0 Å². The summed E-state index contributed by atoms with van der Waals surface area (Å²) in [5.74, 6) is 0. The highest BCUT2D eigenvalue weighted by atomic mass is 14.8. The SMILES string of the molecule is [c]1cc(-c2ccccc2)cc2cncnc12. The van der Waals surface area contributed by atoms with Crippen LogP contribution in [0.3, 0.4) is 0 Å². The van der Waals surface area contributed by atoms with Crippen molar-refractivity contribution in [3.8, 4) is 11.1 Å². The number of fused-ring (bicyclic) bond motifs is 1. The first-order valence-electron chi connectivity index (χ1n) is 5.10. The molecular weight excluding hydrogens is 196 g/mol. The number of benzene rings is 2. The number of nitrogens with zero attached hydrogens (tertiary/aromatic N) is 2. The van der Waals surface area contributed by atoms with Gasteiger partial charge in [-0.05, 0) is 23.3 Å². The van der Waals surface area contributed by atoms with Gasteiger partial charge in [-0.1, -0.05) is 30.3 Å². The predicted molar refractivity (Wildman–Crippen MR) is 63.8 cm³/mol. The molecule has 2 nitrogen and oxygen atoms in total. The van der Waals surface area contributed by atoms with Crippen molar-refractivity contribution in [2.24, 2.45) is 0 Å². The third kappa shape index (κ3) is 1.54. The molecule has 0 bridgehead atoms. The molecule has 0 amide bonds. The van der Waals surface area contributed by atoms with Gasteiger partial charge in [0, 0.05) is 17.6 Å². The third-order valence-corrected chi connectivity index (χ3v) is 2.52. The number of hydrogen-bond acceptors (Lipinski definition) is 2. The third-order valence-electron chi connectivity index (χ3n) is 2.52. The molecule has 2 heteroatoms. The molecule has 0 aliphatic rings. The predicted octanol–water partition coefficient (Wildman–Crippen LogP) is 3.10. The van der Waals surface area contributed by atoms with Crippen LogP contribution in [0.4, 0.5) is 0 Å². The smallest absolute Gasteiger partial charge is 0.116 e. The van der Waals surface area contributed by atoms with Crippen LogP contribution in [-0.2, 0) is 0 Å². The van der Waals surface area contributed by atoms with E-state index in [0.29, 0.717) is 0 Å². The summed E-state index contributed by atoms with van der Waals surface area (Å²) in [7, 11) is 0. The summed E-state index contributed by atoms with van der Waals surface area (Å²) >= 11 is 0. The van der Waals surface area contributed by atoms with Gasteiger partial charge >= 0.3 is 0 Å². The lowest BCUT2D eigenvalue weighted by Crippen LogP contribution is -1.83. The van der Waals surface area contributed by atoms with Gasteiger partial charge in [0.2, 0.25) is 0 Å². The monoisotopic (exact) mass is 205 g/mol. The molecule has 1 radical (unpaired) electrons. The van der Waals surface area contributed by atoms with Crippen LogP contribution in [0.2, 0.25) is 0 Å². The fourth-order valence-corrected chi connectivity index (χ4v) is 1.72. The van der Waals surface area contributed by atoms with E-state index in [4.69, 9.17) is 0 Å². The van der Waals surface area contributed by atoms with Crippen LogP contribution in [0.25, 0.3) is 22.0 Å². The van der Waals surface area contributed by atoms with Gasteiger partial charge in [0.25, 0.3) is 0 Å². The zero-order valence-corrected chi connectivity index (χ0v) is 8.59. The molecule has 0 N–H and O–H groups in total. The lowest BCUT2D eigenvalue weighted by molar-refractivity contribution is 1.22. The quantitative estimate of drug-likeness (QED) is 0.610. The van der Waals surface area contributed by atoms with Gasteiger partial charge in [0.15, 0.2) is 0 Å². The van der Waals surface area contributed by atoms with E-state index in [9.17, 15) is 0 Å². The summed E-state index contributed by atoms with van der Waals surface area (Å²) in [6, 6.07) is 17.4. The van der Waals surface area contributed by atoms with E-state index in [1.807, 2.05) is 30.5 Å². The first kappa shape index (κ1) is 9.04. The van der Waals surface area contributed by atoms with E-state index < -0.39 is 0 Å². The molecule has 16 heavy (non-hydrogen) atoms. The van der Waals surface area contributed by atoms with Crippen molar-refractivity contribution >= 4 is 10.9 Å². The molecule has 1 heterocycles. The molecule has 3 rings (SSSR count). The summed E-state index contributed by atoms with van der Waals surface area (Å²) in [6.45, 7) is 0. The Morgan fingerprint density at radius 3 is 2.75 bits per heavy atom. The van der Waals surface area contributed by atoms with Gasteiger partial charge < -0.3 is 0 Å². The lowest BCUT2D eigenvalue weighted by atomic mass is 10.0. The van der Waals surface area contributed by atoms with Crippen LogP contribution in [0, 0.1) is 6.07 Å². The second-order valence-electron chi connectivity index (χ2n) is 3.58. The minimum Gasteiger partial charge on any atom is -0.244 e. The van der Waals surface area contributed by atoms with Gasteiger partial charge in [-0.25, -0.2) is 9.97 Å². The van der Waals surface area contributed by atoms with Crippen molar-refractivity contribution in [2.75, 3.05) is 0 Å². The lowest BCUT2D eigenvalue weighted by Gasteiger charge is -2.02. The van der Waals surface area contributed by atoms with Crippen LogP contribution < -0.4 is 0 Å². The summed E-state index contributed by atoms with van der Waals surface area (Å²) in [4.78, 5) is 8.17. The van der Waals surface area contributed by atoms with Crippen molar-refractivity contribution in [1.29, 1.82) is 0 Å². The van der Waals surface area contributed by atoms with E-state index in [0.717, 1.165) is 16.5 Å². The normalized spacial score (nSPS) is 10.5. The van der Waals surface area contributed by atoms with Crippen molar-refractivity contribution in [3.63, 3.8) is 0 Å². The molecule has 0 unspecified atom stereocenters. The molecule has 0 saturated carbocycles. The topological polar surface area (TPSA) is 25.8 Å². The van der Waals surface area contributed by atoms with Gasteiger partial charge in [-0.15, -0.1) is 0 Å². The highest BCUT2D eigenvalue weighted by Crippen LogP contribution is 2.22. The fourth-order valence-electron chi connectivity index (χ4n) is 1.72. The Morgan fingerprint density at radius 1 is 1.00 bits per heavy atom. The Labute approximate surface area is 93.6 Å². The van der Waals surface area contributed by atoms with Crippen molar-refractivity contribution in [3.05, 3.63) is 61.1 Å². The van der Waals surface area contributed by atoms with E-state index in [-0.39, 0.29) is 0 Å². The summed E-state index contributed by atoms with van der Waals surface area (Å²) in [6.07, 6.45) is 3.35. The maximum Gasteiger partial charge on any atom is 0.116 e. The van der Waals surface area contributed by atoms with Crippen LogP contribution in [0.1, 0.15) is 0 Å². The second kappa shape index (κ2) is 3.74. The Kier molecular flexibility index (Phi) is 2.11. The van der Waals surface area contributed by atoms with E-state index in [2.05, 4.69) is 34.2 Å². The van der Waals surface area contributed by atoms with Crippen molar-refractivity contribution in [2.45, 2.75) is 0 Å². The highest BCUT2D eigenvalue weighted by Gasteiger charge is 1.99. The average Bonchev–Trinajstić information content (AvgIpc) is 2.39. The largest absolute Gasteiger partial charge is 0.244 e. The maximum absolute atomic E-state index is 4.15. The van der Waals surface area contributed by atoms with Gasteiger partial charge in [-0.3, -0.25) is 0 Å². The average molecular weight is 205 g/mol. The van der Waals surface area contributed by atoms with Crippen LogP contribution in [-0.4, -0.2) is 9.97 Å². The summed E-state index contributed by atoms with van der Waals surface area (Å²) in [5, 5.41) is 1.02. The maximum atomic E-state index is 4.15. The molecule has 3 aromatic rings. The molecule has 0 fully saturated rings. The number of hydrogen-bond donors (Lipinski definition) is 0. The van der Waals surface area contributed by atoms with Gasteiger partial charge in [0.05, 0.1) is 5.52 Å². The van der Waals surface area contributed by atoms with Crippen LogP contribution in [0.15, 0.2) is 55.0 Å². The minimum absolute atomic E-state index is 0.856. The molecule has 2 aromatic carbocycles. The van der Waals surface area contributed by atoms with E-state index >= 15 is 0 Å². The van der Waals surface area contributed by atoms with E-state index in [1.54, 1.807) is 6.33 Å². The Hall–Kier alpha value is -2.22. The molecule has 0 saturated heterocycles. The Bertz CT molecular complexity index is 618. The first-order valence-corrected chi connectivity index (χ1v) is 5.10. The van der Waals surface area contributed by atoms with Crippen molar-refractivity contribution in [1.82, 2.24) is 9.97 Å². The molecule has 0 atom stereocenters. The standard InChI is InChI=1S/C14H9N2/c1-2-4-11(5-3-1)12-6-7-14-13(8-12)9-15-10-16-14/h1-6,8-10H. The van der Waals surface area contributed by atoms with Gasteiger partial charge in [-0.2, -0.15) is 0 Å². The Morgan fingerprint density at radius 2 is 1.88 bits per heavy atom. The van der Waals surface area contributed by atoms with Gasteiger partial charge in [0.1, 0.15) is 6.33 Å². The Balaban J connectivity index is 2.19. The van der Waals surface area contributed by atoms with Crippen LogP contribution >= 0.6 is 0 Å². The van der Waals surface area contributed by atoms with Crippen molar-refractivity contribution < 1.29 is 0 Å². The molecule has 0 spiro atoms. The number of aromatic nitrogens is 2. The number of rotatable bonds is 1. The second-order valence-corrected chi connectivity index (χ2v) is 3.58. The highest BCUT2D eigenvalue weighted by molar-refractivity contribution is 5.83. The molecule has 0 aliphatic carbocycles. The molecular formula is C14H9N2. The first-order chi connectivity index (χ1) is 7.93. The van der Waals surface area contributed by atoms with E-state index in [1.165, 1.54) is 5.56 Å². The fraction of sp³-hybridized carbons (Fsp3) is 0. The zero-order chi connectivity index (χ0) is 10.8.